The average Bonchev–Trinajstić information content (AvgIpc) is 2.58. The van der Waals surface area contributed by atoms with Crippen molar-refractivity contribution in [3.8, 4) is 0 Å². The molecular formula is C13H17N3O. The van der Waals surface area contributed by atoms with Gasteiger partial charge in [0.05, 0.1) is 23.9 Å². The summed E-state index contributed by atoms with van der Waals surface area (Å²) in [6.45, 7) is 2.87. The lowest BCUT2D eigenvalue weighted by Gasteiger charge is -2.14. The maximum absolute atomic E-state index is 11.0. The zero-order valence-electron chi connectivity index (χ0n) is 10.5. The summed E-state index contributed by atoms with van der Waals surface area (Å²) >= 11 is 0. The SMILES string of the molecule is CC(=O)CN(C)Cc1ccc2c(c1)ncn2C. The first-order valence-electron chi connectivity index (χ1n) is 5.64. The summed E-state index contributed by atoms with van der Waals surface area (Å²) in [5, 5.41) is 0. The van der Waals surface area contributed by atoms with Crippen molar-refractivity contribution in [2.24, 2.45) is 7.05 Å². The van der Waals surface area contributed by atoms with E-state index in [2.05, 4.69) is 23.2 Å². The monoisotopic (exact) mass is 231 g/mol. The summed E-state index contributed by atoms with van der Waals surface area (Å²) in [5.41, 5.74) is 3.31. The molecule has 0 aliphatic heterocycles. The summed E-state index contributed by atoms with van der Waals surface area (Å²) in [5.74, 6) is 0.186. The Balaban J connectivity index is 2.16. The van der Waals surface area contributed by atoms with Crippen molar-refractivity contribution in [1.82, 2.24) is 14.5 Å². The zero-order valence-corrected chi connectivity index (χ0v) is 10.5. The Kier molecular flexibility index (Phi) is 3.24. The molecule has 90 valence electrons. The maximum Gasteiger partial charge on any atom is 0.143 e. The third kappa shape index (κ3) is 2.71. The molecule has 0 radical (unpaired) electrons. The summed E-state index contributed by atoms with van der Waals surface area (Å²) in [4.78, 5) is 17.3. The second kappa shape index (κ2) is 4.67. The Morgan fingerprint density at radius 2 is 2.24 bits per heavy atom. The van der Waals surface area contributed by atoms with Gasteiger partial charge in [0.15, 0.2) is 0 Å². The summed E-state index contributed by atoms with van der Waals surface area (Å²) in [7, 11) is 3.93. The van der Waals surface area contributed by atoms with Gasteiger partial charge in [0.1, 0.15) is 5.78 Å². The predicted octanol–water partition coefficient (Wildman–Crippen LogP) is 1.59. The van der Waals surface area contributed by atoms with E-state index in [0.717, 1.165) is 17.6 Å². The van der Waals surface area contributed by atoms with E-state index in [1.807, 2.05) is 29.9 Å². The van der Waals surface area contributed by atoms with Crippen LogP contribution < -0.4 is 0 Å². The van der Waals surface area contributed by atoms with Gasteiger partial charge in [0.25, 0.3) is 0 Å². The largest absolute Gasteiger partial charge is 0.334 e. The first-order chi connectivity index (χ1) is 8.06. The van der Waals surface area contributed by atoms with Crippen molar-refractivity contribution in [2.75, 3.05) is 13.6 Å². The van der Waals surface area contributed by atoms with Crippen LogP contribution in [0.5, 0.6) is 0 Å². The van der Waals surface area contributed by atoms with Crippen molar-refractivity contribution in [2.45, 2.75) is 13.5 Å². The molecule has 4 heteroatoms. The van der Waals surface area contributed by atoms with Crippen molar-refractivity contribution in [3.63, 3.8) is 0 Å². The number of carbonyl (C=O) groups excluding carboxylic acids is 1. The number of imidazole rings is 1. The topological polar surface area (TPSA) is 38.1 Å². The van der Waals surface area contributed by atoms with Crippen LogP contribution in [0.1, 0.15) is 12.5 Å². The number of hydrogen-bond acceptors (Lipinski definition) is 3. The summed E-state index contributed by atoms with van der Waals surface area (Å²) < 4.78 is 2.00. The van der Waals surface area contributed by atoms with E-state index in [-0.39, 0.29) is 5.78 Å². The number of fused-ring (bicyclic) bond motifs is 1. The smallest absolute Gasteiger partial charge is 0.143 e. The number of likely N-dealkylation sites (N-methyl/N-ethyl adjacent to an activating group) is 1. The van der Waals surface area contributed by atoms with E-state index in [9.17, 15) is 4.79 Å². The fourth-order valence-electron chi connectivity index (χ4n) is 2.03. The van der Waals surface area contributed by atoms with Gasteiger partial charge < -0.3 is 4.57 Å². The fourth-order valence-corrected chi connectivity index (χ4v) is 2.03. The van der Waals surface area contributed by atoms with Crippen LogP contribution in [0, 0.1) is 0 Å². The average molecular weight is 231 g/mol. The van der Waals surface area contributed by atoms with Gasteiger partial charge in [-0.2, -0.15) is 0 Å². The highest BCUT2D eigenvalue weighted by molar-refractivity contribution is 5.77. The van der Waals surface area contributed by atoms with E-state index < -0.39 is 0 Å². The van der Waals surface area contributed by atoms with Crippen LogP contribution in [-0.4, -0.2) is 33.8 Å². The van der Waals surface area contributed by atoms with Gasteiger partial charge in [-0.25, -0.2) is 4.98 Å². The molecule has 0 aliphatic rings. The first kappa shape index (κ1) is 11.8. The van der Waals surface area contributed by atoms with Gasteiger partial charge in [-0.1, -0.05) is 6.07 Å². The number of nitrogens with zero attached hydrogens (tertiary/aromatic N) is 3. The minimum Gasteiger partial charge on any atom is -0.334 e. The number of aromatic nitrogens is 2. The van der Waals surface area contributed by atoms with Gasteiger partial charge in [0.2, 0.25) is 0 Å². The lowest BCUT2D eigenvalue weighted by atomic mass is 10.2. The molecule has 1 aromatic carbocycles. The number of carbonyl (C=O) groups is 1. The lowest BCUT2D eigenvalue weighted by Crippen LogP contribution is -2.23. The minimum atomic E-state index is 0.186. The highest BCUT2D eigenvalue weighted by atomic mass is 16.1. The van der Waals surface area contributed by atoms with Gasteiger partial charge in [-0.05, 0) is 31.7 Å². The molecular weight excluding hydrogens is 214 g/mol. The van der Waals surface area contributed by atoms with E-state index in [0.29, 0.717) is 6.54 Å². The van der Waals surface area contributed by atoms with E-state index in [4.69, 9.17) is 0 Å². The molecule has 0 N–H and O–H groups in total. The Labute approximate surface area is 101 Å². The van der Waals surface area contributed by atoms with Crippen LogP contribution in [0.25, 0.3) is 11.0 Å². The maximum atomic E-state index is 11.0. The second-order valence-corrected chi connectivity index (χ2v) is 4.55. The molecule has 0 saturated carbocycles. The second-order valence-electron chi connectivity index (χ2n) is 4.55. The van der Waals surface area contributed by atoms with Crippen molar-refractivity contribution in [1.29, 1.82) is 0 Å². The molecule has 1 heterocycles. The Morgan fingerprint density at radius 1 is 1.47 bits per heavy atom. The predicted molar refractivity (Wildman–Crippen MR) is 67.7 cm³/mol. The van der Waals surface area contributed by atoms with Gasteiger partial charge in [-0.15, -0.1) is 0 Å². The number of aryl methyl sites for hydroxylation is 1. The molecule has 0 bridgehead atoms. The standard InChI is InChI=1S/C13H17N3O/c1-10(17)7-15(2)8-11-4-5-13-12(6-11)14-9-16(13)3/h4-6,9H,7-8H2,1-3H3. The molecule has 0 unspecified atom stereocenters. The molecule has 0 spiro atoms. The lowest BCUT2D eigenvalue weighted by molar-refractivity contribution is -0.117. The Hall–Kier alpha value is -1.68. The molecule has 0 aliphatic carbocycles. The normalized spacial score (nSPS) is 11.3. The van der Waals surface area contributed by atoms with E-state index in [1.54, 1.807) is 6.92 Å². The summed E-state index contributed by atoms with van der Waals surface area (Å²) in [6, 6.07) is 6.23. The fraction of sp³-hybridized carbons (Fsp3) is 0.385. The van der Waals surface area contributed by atoms with Crippen molar-refractivity contribution >= 4 is 16.8 Å². The molecule has 2 aromatic rings. The minimum absolute atomic E-state index is 0.186. The van der Waals surface area contributed by atoms with Crippen LogP contribution in [0.4, 0.5) is 0 Å². The van der Waals surface area contributed by atoms with Crippen LogP contribution in [0.15, 0.2) is 24.5 Å². The highest BCUT2D eigenvalue weighted by Crippen LogP contribution is 2.14. The van der Waals surface area contributed by atoms with Gasteiger partial charge in [-0.3, -0.25) is 9.69 Å². The molecule has 2 rings (SSSR count). The molecule has 1 aromatic heterocycles. The third-order valence-electron chi connectivity index (χ3n) is 2.73. The molecule has 0 saturated heterocycles. The molecule has 0 fully saturated rings. The van der Waals surface area contributed by atoms with E-state index in [1.165, 1.54) is 5.56 Å². The zero-order chi connectivity index (χ0) is 12.4. The number of rotatable bonds is 4. The van der Waals surface area contributed by atoms with Crippen LogP contribution in [-0.2, 0) is 18.4 Å². The third-order valence-corrected chi connectivity index (χ3v) is 2.73. The van der Waals surface area contributed by atoms with Gasteiger partial charge in [0, 0.05) is 13.6 Å². The van der Waals surface area contributed by atoms with Crippen LogP contribution in [0.3, 0.4) is 0 Å². The van der Waals surface area contributed by atoms with Crippen molar-refractivity contribution < 1.29 is 4.79 Å². The molecule has 0 amide bonds. The number of Topliss-reactive ketones (excluding diaryl/α,β-unsaturated/α-hetero) is 1. The Morgan fingerprint density at radius 3 is 2.94 bits per heavy atom. The molecule has 17 heavy (non-hydrogen) atoms. The van der Waals surface area contributed by atoms with Crippen LogP contribution in [0.2, 0.25) is 0 Å². The van der Waals surface area contributed by atoms with Gasteiger partial charge >= 0.3 is 0 Å². The summed E-state index contributed by atoms with van der Waals surface area (Å²) in [6.07, 6.45) is 1.81. The van der Waals surface area contributed by atoms with Crippen molar-refractivity contribution in [3.05, 3.63) is 30.1 Å². The van der Waals surface area contributed by atoms with E-state index >= 15 is 0 Å². The Bertz CT molecular complexity index is 545. The highest BCUT2D eigenvalue weighted by Gasteiger charge is 2.05. The number of benzene rings is 1. The molecule has 4 nitrogen and oxygen atoms in total. The number of hydrogen-bond donors (Lipinski definition) is 0. The number of ketones is 1. The van der Waals surface area contributed by atoms with Crippen LogP contribution >= 0.6 is 0 Å². The molecule has 0 atom stereocenters. The quantitative estimate of drug-likeness (QED) is 0.802. The first-order valence-corrected chi connectivity index (χ1v) is 5.64.